The fourth-order valence-electron chi connectivity index (χ4n) is 1.71. The van der Waals surface area contributed by atoms with Gasteiger partial charge in [0.25, 0.3) is 0 Å². The Hall–Kier alpha value is -0.710. The van der Waals surface area contributed by atoms with Crippen molar-refractivity contribution < 1.29 is 9.15 Å². The topological polar surface area (TPSA) is 34.4 Å². The average Bonchev–Trinajstić information content (AvgIpc) is 2.82. The number of nitrogens with one attached hydrogen (secondary N) is 1. The summed E-state index contributed by atoms with van der Waals surface area (Å²) in [7, 11) is 1.68. The maximum atomic E-state index is 5.97. The molecule has 0 saturated carbocycles. The number of furan rings is 1. The number of benzene rings is 1. The van der Waals surface area contributed by atoms with Crippen molar-refractivity contribution in [3.63, 3.8) is 0 Å². The van der Waals surface area contributed by atoms with Gasteiger partial charge in [0.1, 0.15) is 11.5 Å². The molecule has 20 heavy (non-hydrogen) atoms. The van der Waals surface area contributed by atoms with Gasteiger partial charge in [0.2, 0.25) is 0 Å². The van der Waals surface area contributed by atoms with Gasteiger partial charge in [0.15, 0.2) is 0 Å². The Balaban J connectivity index is 0.00000200. The van der Waals surface area contributed by atoms with Gasteiger partial charge in [-0.15, -0.1) is 12.4 Å². The van der Waals surface area contributed by atoms with Gasteiger partial charge in [-0.2, -0.15) is 0 Å². The molecule has 1 aromatic carbocycles. The van der Waals surface area contributed by atoms with Gasteiger partial charge in [-0.1, -0.05) is 23.2 Å². The average molecular weight is 337 g/mol. The van der Waals surface area contributed by atoms with Crippen LogP contribution < -0.4 is 5.32 Å². The lowest BCUT2D eigenvalue weighted by atomic mass is 10.2. The van der Waals surface area contributed by atoms with Gasteiger partial charge in [-0.05, 0) is 30.3 Å². The first kappa shape index (κ1) is 17.3. The van der Waals surface area contributed by atoms with Crippen molar-refractivity contribution in [3.8, 4) is 11.3 Å². The molecule has 110 valence electrons. The number of methoxy groups -OCH3 is 1. The lowest BCUT2D eigenvalue weighted by Crippen LogP contribution is -2.18. The Morgan fingerprint density at radius 1 is 1.15 bits per heavy atom. The second-order valence-corrected chi connectivity index (χ2v) is 4.97. The molecule has 3 nitrogen and oxygen atoms in total. The Labute approximate surface area is 134 Å². The smallest absolute Gasteiger partial charge is 0.134 e. The third-order valence-corrected chi connectivity index (χ3v) is 3.03. The summed E-state index contributed by atoms with van der Waals surface area (Å²) in [5, 5.41) is 4.41. The van der Waals surface area contributed by atoms with Gasteiger partial charge in [0, 0.05) is 29.3 Å². The minimum absolute atomic E-state index is 0. The van der Waals surface area contributed by atoms with E-state index in [4.69, 9.17) is 32.4 Å². The zero-order valence-electron chi connectivity index (χ0n) is 11.0. The van der Waals surface area contributed by atoms with Crippen molar-refractivity contribution in [3.05, 3.63) is 46.1 Å². The first-order chi connectivity index (χ1) is 9.19. The molecule has 0 fully saturated rings. The standard InChI is InChI=1S/C14H15Cl2NO2.ClH/c1-18-5-4-17-9-13-2-3-14(19-13)10-6-11(15)8-12(16)7-10;/h2-3,6-8,17H,4-5,9H2,1H3;1H. The van der Waals surface area contributed by atoms with E-state index in [0.717, 1.165) is 23.6 Å². The maximum Gasteiger partial charge on any atom is 0.134 e. The molecule has 0 aliphatic heterocycles. The van der Waals surface area contributed by atoms with E-state index in [-0.39, 0.29) is 12.4 Å². The summed E-state index contributed by atoms with van der Waals surface area (Å²) in [6.45, 7) is 2.13. The molecule has 6 heteroatoms. The van der Waals surface area contributed by atoms with E-state index in [1.54, 1.807) is 13.2 Å². The summed E-state index contributed by atoms with van der Waals surface area (Å²) in [6.07, 6.45) is 0. The molecule has 1 heterocycles. The third kappa shape index (κ3) is 5.00. The molecular formula is C14H16Cl3NO2. The summed E-state index contributed by atoms with van der Waals surface area (Å²) in [4.78, 5) is 0. The quantitative estimate of drug-likeness (QED) is 0.793. The van der Waals surface area contributed by atoms with Crippen molar-refractivity contribution in [2.45, 2.75) is 6.54 Å². The van der Waals surface area contributed by atoms with Crippen molar-refractivity contribution in [2.24, 2.45) is 0 Å². The summed E-state index contributed by atoms with van der Waals surface area (Å²) in [5.41, 5.74) is 0.876. The monoisotopic (exact) mass is 335 g/mol. The van der Waals surface area contributed by atoms with E-state index in [9.17, 15) is 0 Å². The Morgan fingerprint density at radius 2 is 1.85 bits per heavy atom. The minimum atomic E-state index is 0. The van der Waals surface area contributed by atoms with Gasteiger partial charge in [-0.3, -0.25) is 0 Å². The normalized spacial score (nSPS) is 10.3. The van der Waals surface area contributed by atoms with E-state index in [1.807, 2.05) is 24.3 Å². The molecule has 0 aliphatic carbocycles. The highest BCUT2D eigenvalue weighted by molar-refractivity contribution is 6.35. The molecule has 0 aliphatic rings. The SMILES string of the molecule is COCCNCc1ccc(-c2cc(Cl)cc(Cl)c2)o1.Cl. The summed E-state index contributed by atoms with van der Waals surface area (Å²) in [6, 6.07) is 9.20. The number of halogens is 3. The summed E-state index contributed by atoms with van der Waals surface area (Å²) < 4.78 is 10.7. The third-order valence-electron chi connectivity index (χ3n) is 2.59. The zero-order chi connectivity index (χ0) is 13.7. The van der Waals surface area contributed by atoms with Gasteiger partial charge in [-0.25, -0.2) is 0 Å². The van der Waals surface area contributed by atoms with Crippen LogP contribution in [0, 0.1) is 0 Å². The molecule has 0 radical (unpaired) electrons. The van der Waals surface area contributed by atoms with Crippen LogP contribution in [-0.4, -0.2) is 20.3 Å². The van der Waals surface area contributed by atoms with Crippen LogP contribution >= 0.6 is 35.6 Å². The largest absolute Gasteiger partial charge is 0.460 e. The predicted molar refractivity (Wildman–Crippen MR) is 85.0 cm³/mol. The van der Waals surface area contributed by atoms with Gasteiger partial charge >= 0.3 is 0 Å². The number of rotatable bonds is 6. The fourth-order valence-corrected chi connectivity index (χ4v) is 2.24. The summed E-state index contributed by atoms with van der Waals surface area (Å²) in [5.74, 6) is 1.62. The van der Waals surface area contributed by atoms with Crippen molar-refractivity contribution >= 4 is 35.6 Å². The van der Waals surface area contributed by atoms with Crippen LogP contribution in [0.1, 0.15) is 5.76 Å². The fraction of sp³-hybridized carbons (Fsp3) is 0.286. The zero-order valence-corrected chi connectivity index (χ0v) is 13.3. The Bertz CT molecular complexity index is 523. The Kier molecular flexibility index (Phi) is 7.41. The molecule has 0 saturated heterocycles. The van der Waals surface area contributed by atoms with Crippen LogP contribution in [-0.2, 0) is 11.3 Å². The molecule has 0 amide bonds. The lowest BCUT2D eigenvalue weighted by Gasteiger charge is -2.02. The Morgan fingerprint density at radius 3 is 2.50 bits per heavy atom. The van der Waals surface area contributed by atoms with Crippen molar-refractivity contribution in [2.75, 3.05) is 20.3 Å². The first-order valence-corrected chi connectivity index (χ1v) is 6.69. The van der Waals surface area contributed by atoms with E-state index >= 15 is 0 Å². The highest BCUT2D eigenvalue weighted by atomic mass is 35.5. The number of hydrogen-bond acceptors (Lipinski definition) is 3. The minimum Gasteiger partial charge on any atom is -0.460 e. The molecule has 0 atom stereocenters. The molecule has 2 aromatic rings. The van der Waals surface area contributed by atoms with Crippen LogP contribution in [0.5, 0.6) is 0 Å². The molecule has 0 unspecified atom stereocenters. The highest BCUT2D eigenvalue weighted by Gasteiger charge is 2.06. The van der Waals surface area contributed by atoms with Crippen molar-refractivity contribution in [1.29, 1.82) is 0 Å². The molecule has 1 aromatic heterocycles. The molecule has 2 rings (SSSR count). The van der Waals surface area contributed by atoms with Crippen LogP contribution in [0.15, 0.2) is 34.7 Å². The van der Waals surface area contributed by atoms with Crippen LogP contribution in [0.2, 0.25) is 10.0 Å². The second-order valence-electron chi connectivity index (χ2n) is 4.09. The van der Waals surface area contributed by atoms with Crippen LogP contribution in [0.25, 0.3) is 11.3 Å². The van der Waals surface area contributed by atoms with E-state index in [1.165, 1.54) is 0 Å². The van der Waals surface area contributed by atoms with E-state index in [0.29, 0.717) is 23.2 Å². The molecule has 0 bridgehead atoms. The van der Waals surface area contributed by atoms with E-state index < -0.39 is 0 Å². The first-order valence-electron chi connectivity index (χ1n) is 5.94. The van der Waals surface area contributed by atoms with Crippen LogP contribution in [0.4, 0.5) is 0 Å². The van der Waals surface area contributed by atoms with Gasteiger partial charge in [0.05, 0.1) is 13.2 Å². The maximum absolute atomic E-state index is 5.97. The molecular weight excluding hydrogens is 321 g/mol. The highest BCUT2D eigenvalue weighted by Crippen LogP contribution is 2.28. The number of ether oxygens (including phenoxy) is 1. The van der Waals surface area contributed by atoms with Gasteiger partial charge < -0.3 is 14.5 Å². The second kappa shape index (κ2) is 8.55. The lowest BCUT2D eigenvalue weighted by molar-refractivity contribution is 0.198. The van der Waals surface area contributed by atoms with Crippen LogP contribution in [0.3, 0.4) is 0 Å². The molecule has 0 spiro atoms. The molecule has 1 N–H and O–H groups in total. The number of hydrogen-bond donors (Lipinski definition) is 1. The van der Waals surface area contributed by atoms with E-state index in [2.05, 4.69) is 5.32 Å². The van der Waals surface area contributed by atoms with Crippen molar-refractivity contribution in [1.82, 2.24) is 5.32 Å². The summed E-state index contributed by atoms with van der Waals surface area (Å²) >= 11 is 11.9. The predicted octanol–water partition coefficient (Wildman–Crippen LogP) is 4.41.